The molecule has 1 saturated carbocycles. The van der Waals surface area contributed by atoms with Crippen molar-refractivity contribution < 1.29 is 0 Å². The molecule has 2 unspecified atom stereocenters. The van der Waals surface area contributed by atoms with Crippen molar-refractivity contribution in [2.45, 2.75) is 32.6 Å². The lowest BCUT2D eigenvalue weighted by Crippen LogP contribution is -2.19. The lowest BCUT2D eigenvalue weighted by molar-refractivity contribution is 0.597. The smallest absolute Gasteiger partial charge is 0.0110 e. The molecule has 1 nitrogen and oxygen atoms in total. The van der Waals surface area contributed by atoms with Gasteiger partial charge in [0, 0.05) is 15.2 Å². The monoisotopic (exact) mass is 209 g/mol. The molecule has 78 valence electrons. The van der Waals surface area contributed by atoms with Gasteiger partial charge < -0.3 is 5.32 Å². The molecule has 0 bridgehead atoms. The number of rotatable bonds is 4. The number of thiophene rings is 1. The number of hydrogen-bond donors (Lipinski definition) is 1. The van der Waals surface area contributed by atoms with Crippen molar-refractivity contribution in [3.8, 4) is 0 Å². The van der Waals surface area contributed by atoms with Gasteiger partial charge >= 0.3 is 0 Å². The van der Waals surface area contributed by atoms with Gasteiger partial charge in [0.05, 0.1) is 0 Å². The van der Waals surface area contributed by atoms with Gasteiger partial charge in [-0.2, -0.15) is 0 Å². The van der Waals surface area contributed by atoms with E-state index in [1.807, 2.05) is 11.3 Å². The van der Waals surface area contributed by atoms with Crippen molar-refractivity contribution >= 4 is 11.3 Å². The van der Waals surface area contributed by atoms with Gasteiger partial charge in [0.25, 0.3) is 0 Å². The van der Waals surface area contributed by atoms with Crippen LogP contribution in [0.4, 0.5) is 0 Å². The average Bonchev–Trinajstić information content (AvgIpc) is 2.58. The molecule has 0 saturated heterocycles. The van der Waals surface area contributed by atoms with E-state index in [4.69, 9.17) is 0 Å². The van der Waals surface area contributed by atoms with Crippen LogP contribution in [0.25, 0.3) is 0 Å². The maximum Gasteiger partial charge on any atom is 0.0110 e. The minimum atomic E-state index is 0.487. The van der Waals surface area contributed by atoms with Crippen LogP contribution in [0.5, 0.6) is 0 Å². The summed E-state index contributed by atoms with van der Waals surface area (Å²) in [5.74, 6) is 0.862. The molecule has 0 aliphatic heterocycles. The highest BCUT2D eigenvalue weighted by Crippen LogP contribution is 2.55. The first-order valence-electron chi connectivity index (χ1n) is 5.44. The van der Waals surface area contributed by atoms with E-state index in [2.05, 4.69) is 38.2 Å². The minimum Gasteiger partial charge on any atom is -0.317 e. The molecule has 0 radical (unpaired) electrons. The fourth-order valence-corrected chi connectivity index (χ4v) is 3.21. The summed E-state index contributed by atoms with van der Waals surface area (Å²) in [6, 6.07) is 4.56. The van der Waals surface area contributed by atoms with E-state index in [1.165, 1.54) is 17.8 Å². The van der Waals surface area contributed by atoms with E-state index >= 15 is 0 Å². The molecule has 2 atom stereocenters. The Morgan fingerprint density at radius 2 is 2.36 bits per heavy atom. The largest absolute Gasteiger partial charge is 0.317 e. The molecule has 0 amide bonds. The second kappa shape index (κ2) is 3.67. The van der Waals surface area contributed by atoms with Gasteiger partial charge in [0.2, 0.25) is 0 Å². The lowest BCUT2D eigenvalue weighted by Gasteiger charge is -2.08. The third-order valence-corrected chi connectivity index (χ3v) is 4.64. The molecule has 1 N–H and O–H groups in total. The van der Waals surface area contributed by atoms with Crippen LogP contribution in [-0.2, 0) is 5.41 Å². The number of nitrogens with one attached hydrogen (secondary N) is 1. The maximum absolute atomic E-state index is 3.45. The summed E-state index contributed by atoms with van der Waals surface area (Å²) in [5.41, 5.74) is 0.487. The van der Waals surface area contributed by atoms with E-state index in [0.717, 1.165) is 12.5 Å². The van der Waals surface area contributed by atoms with Crippen LogP contribution >= 0.6 is 11.3 Å². The van der Waals surface area contributed by atoms with E-state index in [0.29, 0.717) is 5.41 Å². The van der Waals surface area contributed by atoms with Gasteiger partial charge in [0.15, 0.2) is 0 Å². The van der Waals surface area contributed by atoms with Crippen molar-refractivity contribution in [3.63, 3.8) is 0 Å². The van der Waals surface area contributed by atoms with Crippen molar-refractivity contribution in [2.24, 2.45) is 5.92 Å². The molecule has 1 heterocycles. The van der Waals surface area contributed by atoms with Gasteiger partial charge in [-0.1, -0.05) is 13.8 Å². The van der Waals surface area contributed by atoms with E-state index < -0.39 is 0 Å². The first kappa shape index (κ1) is 10.2. The minimum absolute atomic E-state index is 0.487. The average molecular weight is 209 g/mol. The number of hydrogen-bond acceptors (Lipinski definition) is 2. The molecular formula is C12H19NS. The van der Waals surface area contributed by atoms with Crippen molar-refractivity contribution in [2.75, 3.05) is 13.1 Å². The normalized spacial score (nSPS) is 30.6. The molecule has 1 aromatic rings. The third-order valence-electron chi connectivity index (χ3n) is 3.36. The Labute approximate surface area is 90.5 Å². The van der Waals surface area contributed by atoms with E-state index in [-0.39, 0.29) is 0 Å². The van der Waals surface area contributed by atoms with Gasteiger partial charge in [-0.05, 0) is 44.5 Å². The van der Waals surface area contributed by atoms with Crippen LogP contribution < -0.4 is 5.32 Å². The Bertz CT molecular complexity index is 318. The Morgan fingerprint density at radius 1 is 1.57 bits per heavy atom. The van der Waals surface area contributed by atoms with Gasteiger partial charge in [0.1, 0.15) is 0 Å². The predicted octanol–water partition coefficient (Wildman–Crippen LogP) is 2.94. The Morgan fingerprint density at radius 3 is 2.93 bits per heavy atom. The predicted molar refractivity (Wildman–Crippen MR) is 63.1 cm³/mol. The molecule has 0 aromatic carbocycles. The van der Waals surface area contributed by atoms with Crippen LogP contribution in [0.3, 0.4) is 0 Å². The second-order valence-corrected chi connectivity index (χ2v) is 5.82. The van der Waals surface area contributed by atoms with Crippen LogP contribution in [-0.4, -0.2) is 13.1 Å². The van der Waals surface area contributed by atoms with E-state index in [9.17, 15) is 0 Å². The fraction of sp³-hybridized carbons (Fsp3) is 0.667. The Hall–Kier alpha value is -0.340. The first-order valence-corrected chi connectivity index (χ1v) is 6.26. The molecule has 1 fully saturated rings. The molecule has 1 aromatic heterocycles. The molecule has 1 aliphatic rings. The summed E-state index contributed by atoms with van der Waals surface area (Å²) >= 11 is 1.97. The third kappa shape index (κ3) is 1.73. The Kier molecular flexibility index (Phi) is 2.67. The van der Waals surface area contributed by atoms with E-state index in [1.54, 1.807) is 4.88 Å². The van der Waals surface area contributed by atoms with Crippen molar-refractivity contribution in [1.82, 2.24) is 5.32 Å². The van der Waals surface area contributed by atoms with Crippen molar-refractivity contribution in [3.05, 3.63) is 21.9 Å². The van der Waals surface area contributed by atoms with Crippen LogP contribution in [0.15, 0.2) is 12.1 Å². The zero-order chi connectivity index (χ0) is 10.2. The van der Waals surface area contributed by atoms with Crippen molar-refractivity contribution in [1.29, 1.82) is 0 Å². The molecule has 14 heavy (non-hydrogen) atoms. The summed E-state index contributed by atoms with van der Waals surface area (Å²) in [4.78, 5) is 3.02. The lowest BCUT2D eigenvalue weighted by atomic mass is 10.0. The van der Waals surface area contributed by atoms with Crippen LogP contribution in [0.1, 0.15) is 30.0 Å². The summed E-state index contributed by atoms with van der Waals surface area (Å²) < 4.78 is 0. The summed E-state index contributed by atoms with van der Waals surface area (Å²) in [7, 11) is 0. The summed E-state index contributed by atoms with van der Waals surface area (Å²) in [6.45, 7) is 9.05. The van der Waals surface area contributed by atoms with Gasteiger partial charge in [-0.25, -0.2) is 0 Å². The molecule has 2 heteroatoms. The van der Waals surface area contributed by atoms with Crippen LogP contribution in [0, 0.1) is 12.8 Å². The molecule has 1 aliphatic carbocycles. The summed E-state index contributed by atoms with van der Waals surface area (Å²) in [6.07, 6.45) is 1.36. The zero-order valence-corrected chi connectivity index (χ0v) is 10.1. The highest BCUT2D eigenvalue weighted by atomic mass is 32.1. The Balaban J connectivity index is 1.99. The molecular weight excluding hydrogens is 190 g/mol. The summed E-state index contributed by atoms with van der Waals surface area (Å²) in [5, 5.41) is 3.45. The van der Waals surface area contributed by atoms with Gasteiger partial charge in [-0.3, -0.25) is 0 Å². The quantitative estimate of drug-likeness (QED) is 0.804. The zero-order valence-electron chi connectivity index (χ0n) is 9.26. The SMILES string of the molecule is CCNCC1CC1(C)c1ccc(C)s1. The standard InChI is InChI=1S/C12H19NS/c1-4-13-8-10-7-12(10,3)11-6-5-9(2)14-11/h5-6,10,13H,4,7-8H2,1-3H3. The number of aryl methyl sites for hydroxylation is 1. The van der Waals surface area contributed by atoms with Gasteiger partial charge in [-0.15, -0.1) is 11.3 Å². The molecule has 2 rings (SSSR count). The fourth-order valence-electron chi connectivity index (χ4n) is 2.11. The maximum atomic E-state index is 3.45. The topological polar surface area (TPSA) is 12.0 Å². The van der Waals surface area contributed by atoms with Crippen LogP contribution in [0.2, 0.25) is 0 Å². The second-order valence-electron chi connectivity index (χ2n) is 4.54. The highest BCUT2D eigenvalue weighted by molar-refractivity contribution is 7.12. The molecule has 0 spiro atoms. The first-order chi connectivity index (χ1) is 6.66. The highest BCUT2D eigenvalue weighted by Gasteiger charge is 2.51.